The van der Waals surface area contributed by atoms with Gasteiger partial charge in [0, 0.05) is 16.5 Å². The molecule has 0 amide bonds. The maximum absolute atomic E-state index is 13.0. The van der Waals surface area contributed by atoms with Crippen LogP contribution in [0.2, 0.25) is 20.1 Å². The Hall–Kier alpha value is -7.15. The molecule has 0 saturated heterocycles. The minimum absolute atomic E-state index is 0.0159. The van der Waals surface area contributed by atoms with Gasteiger partial charge < -0.3 is 65.0 Å². The third-order valence-electron chi connectivity index (χ3n) is 10.2. The van der Waals surface area contributed by atoms with Gasteiger partial charge in [-0.05, 0) is 126 Å². The molecule has 0 bridgehead atoms. The summed E-state index contributed by atoms with van der Waals surface area (Å²) < 4.78 is 38.0. The second-order valence-electron chi connectivity index (χ2n) is 16.7. The standard InChI is InChI=1S/C9H9Cl2NO2.2C9H10ClNO2.3C9H10FNO2/c10-6-2-1-5(3-7(6)11)4-8(12)9(13)14;10-7-3-1-2-6(4-7)5-8(11)9(12)13;10-7-4-2-1-3-6(7)5-8(11)9(12)13;10-7-3-1-6(2-4-7)5-8(11)9(12)13;10-7-3-1-2-6(4-7)5-8(11)9(12)13;10-7-4-2-1-3-6(7)5-8(11)9(12)13/h1-3,8H,4,12H2,(H,13,14);5*1-4,8H,5,11H2,(H,12,13)/t6*8-/m000000/s1. The summed E-state index contributed by atoms with van der Waals surface area (Å²) in [5.74, 6) is -7.44. The molecule has 0 radical (unpaired) electrons. The van der Waals surface area contributed by atoms with Crippen LogP contribution >= 0.6 is 46.4 Å². The van der Waals surface area contributed by atoms with Gasteiger partial charge in [-0.25, -0.2) is 13.2 Å². The number of rotatable bonds is 18. The average Bonchev–Trinajstić information content (AvgIpc) is 3.38. The van der Waals surface area contributed by atoms with Gasteiger partial charge in [-0.15, -0.1) is 0 Å². The minimum atomic E-state index is -1.12. The van der Waals surface area contributed by atoms with Crippen molar-refractivity contribution in [3.05, 3.63) is 210 Å². The van der Waals surface area contributed by atoms with Crippen LogP contribution in [0.15, 0.2) is 140 Å². The Morgan fingerprint density at radius 3 is 1.13 bits per heavy atom. The average molecular weight is 1180 g/mol. The Kier molecular flexibility index (Phi) is 32.6. The number of nitrogens with two attached hydrogens (primary N) is 6. The highest BCUT2D eigenvalue weighted by atomic mass is 35.5. The molecule has 79 heavy (non-hydrogen) atoms. The van der Waals surface area contributed by atoms with Gasteiger partial charge in [-0.1, -0.05) is 125 Å². The molecule has 0 heterocycles. The molecule has 25 heteroatoms. The van der Waals surface area contributed by atoms with E-state index in [0.29, 0.717) is 37.6 Å². The predicted molar refractivity (Wildman–Crippen MR) is 294 cm³/mol. The normalized spacial score (nSPS) is 12.5. The van der Waals surface area contributed by atoms with Gasteiger partial charge in [0.2, 0.25) is 0 Å². The number of hydrogen-bond donors (Lipinski definition) is 12. The summed E-state index contributed by atoms with van der Waals surface area (Å²) in [5.41, 5.74) is 35.9. The van der Waals surface area contributed by atoms with Crippen molar-refractivity contribution in [1.29, 1.82) is 0 Å². The lowest BCUT2D eigenvalue weighted by molar-refractivity contribution is -0.139. The molecule has 6 rings (SSSR count). The van der Waals surface area contributed by atoms with Crippen molar-refractivity contribution in [2.45, 2.75) is 74.8 Å². The highest BCUT2D eigenvalue weighted by Crippen LogP contribution is 2.23. The predicted octanol–water partition coefficient (Wildman–Crippen LogP) is 6.88. The van der Waals surface area contributed by atoms with Crippen LogP contribution in [-0.2, 0) is 67.3 Å². The highest BCUT2D eigenvalue weighted by Gasteiger charge is 2.17. The molecule has 6 aromatic carbocycles. The van der Waals surface area contributed by atoms with E-state index in [-0.39, 0.29) is 43.7 Å². The molecule has 0 saturated carbocycles. The quantitative estimate of drug-likeness (QED) is 0.0417. The first-order valence-corrected chi connectivity index (χ1v) is 24.6. The Balaban J connectivity index is 0.000000474. The number of carboxylic acids is 6. The molecule has 6 atom stereocenters. The van der Waals surface area contributed by atoms with E-state index >= 15 is 0 Å². The molecule has 18 nitrogen and oxygen atoms in total. The van der Waals surface area contributed by atoms with E-state index in [1.165, 1.54) is 54.6 Å². The van der Waals surface area contributed by atoms with Gasteiger partial charge >= 0.3 is 35.8 Å². The third kappa shape index (κ3) is 30.0. The summed E-state index contributed by atoms with van der Waals surface area (Å²) in [6.07, 6.45) is 1.18. The molecule has 426 valence electrons. The number of aliphatic carboxylic acids is 6. The number of carbonyl (C=O) groups is 6. The van der Waals surface area contributed by atoms with Crippen LogP contribution in [-0.4, -0.2) is 103 Å². The molecule has 0 fully saturated rings. The molecule has 0 aliphatic heterocycles. The maximum atomic E-state index is 13.0. The van der Waals surface area contributed by atoms with Gasteiger partial charge in [0.1, 0.15) is 53.7 Å². The molecular weight excluding hydrogens is 1120 g/mol. The lowest BCUT2D eigenvalue weighted by Gasteiger charge is -2.07. The van der Waals surface area contributed by atoms with E-state index in [0.717, 1.165) is 22.3 Å². The van der Waals surface area contributed by atoms with E-state index in [1.807, 2.05) is 0 Å². The minimum Gasteiger partial charge on any atom is -0.480 e. The van der Waals surface area contributed by atoms with E-state index < -0.39 is 77.9 Å². The van der Waals surface area contributed by atoms with Crippen LogP contribution < -0.4 is 34.4 Å². The van der Waals surface area contributed by atoms with E-state index in [9.17, 15) is 41.9 Å². The number of hydrogen-bond acceptors (Lipinski definition) is 12. The topological polar surface area (TPSA) is 380 Å². The fourth-order valence-corrected chi connectivity index (χ4v) is 6.70. The van der Waals surface area contributed by atoms with Crippen molar-refractivity contribution < 1.29 is 72.6 Å². The number of halogens is 7. The lowest BCUT2D eigenvalue weighted by atomic mass is 10.1. The van der Waals surface area contributed by atoms with Crippen LogP contribution in [0, 0.1) is 17.5 Å². The van der Waals surface area contributed by atoms with Gasteiger partial charge in [0.25, 0.3) is 0 Å². The van der Waals surface area contributed by atoms with Crippen molar-refractivity contribution in [1.82, 2.24) is 0 Å². The summed E-state index contributed by atoms with van der Waals surface area (Å²) in [4.78, 5) is 62.5. The van der Waals surface area contributed by atoms with E-state index in [1.54, 1.807) is 84.9 Å². The molecule has 0 spiro atoms. The van der Waals surface area contributed by atoms with Crippen LogP contribution in [0.3, 0.4) is 0 Å². The zero-order valence-corrected chi connectivity index (χ0v) is 44.8. The Labute approximate surface area is 472 Å². The fraction of sp³-hybridized carbons (Fsp3) is 0.222. The Bertz CT molecular complexity index is 2790. The largest absolute Gasteiger partial charge is 0.480 e. The fourth-order valence-electron chi connectivity index (χ4n) is 5.96. The molecule has 6 aromatic rings. The first-order valence-electron chi connectivity index (χ1n) is 23.0. The summed E-state index contributed by atoms with van der Waals surface area (Å²) in [6, 6.07) is 30.8. The smallest absolute Gasteiger partial charge is 0.320 e. The molecule has 0 aliphatic rings. The van der Waals surface area contributed by atoms with Crippen LogP contribution in [0.25, 0.3) is 0 Å². The van der Waals surface area contributed by atoms with Gasteiger partial charge in [-0.2, -0.15) is 0 Å². The van der Waals surface area contributed by atoms with Crippen LogP contribution in [0.1, 0.15) is 33.4 Å². The molecule has 0 aromatic heterocycles. The zero-order valence-electron chi connectivity index (χ0n) is 41.7. The van der Waals surface area contributed by atoms with Crippen LogP contribution in [0.5, 0.6) is 0 Å². The number of benzene rings is 6. The van der Waals surface area contributed by atoms with Crippen molar-refractivity contribution >= 4 is 82.2 Å². The van der Waals surface area contributed by atoms with E-state index in [4.69, 9.17) is 111 Å². The summed E-state index contributed by atoms with van der Waals surface area (Å²) in [7, 11) is 0. The van der Waals surface area contributed by atoms with Gasteiger partial charge in [0.15, 0.2) is 0 Å². The lowest BCUT2D eigenvalue weighted by Crippen LogP contribution is -2.32. The Morgan fingerprint density at radius 1 is 0.342 bits per heavy atom. The highest BCUT2D eigenvalue weighted by molar-refractivity contribution is 6.42. The molecule has 18 N–H and O–H groups in total. The molecule has 0 unspecified atom stereocenters. The number of carboxylic acid groups (broad SMARTS) is 6. The SMILES string of the molecule is N[C@@H](Cc1ccc(Cl)c(Cl)c1)C(=O)O.N[C@@H](Cc1ccc(F)cc1)C(=O)O.N[C@@H](Cc1cccc(Cl)c1)C(=O)O.N[C@@H](Cc1cccc(F)c1)C(=O)O.N[C@@H](Cc1ccccc1Cl)C(=O)O.N[C@@H](Cc1ccccc1F)C(=O)O. The molecule has 0 aliphatic carbocycles. The summed E-state index contributed by atoms with van der Waals surface area (Å²) in [6.45, 7) is 0. The first kappa shape index (κ1) is 69.9. The van der Waals surface area contributed by atoms with Crippen molar-refractivity contribution in [3.63, 3.8) is 0 Å². The molecular formula is C54H59Cl4F3N6O12. The maximum Gasteiger partial charge on any atom is 0.320 e. The summed E-state index contributed by atoms with van der Waals surface area (Å²) >= 11 is 23.0. The Morgan fingerprint density at radius 2 is 0.709 bits per heavy atom. The monoisotopic (exact) mass is 1180 g/mol. The first-order chi connectivity index (χ1) is 37.0. The van der Waals surface area contributed by atoms with E-state index in [2.05, 4.69) is 0 Å². The summed E-state index contributed by atoms with van der Waals surface area (Å²) in [5, 5.41) is 53.2. The second kappa shape index (κ2) is 36.9. The third-order valence-corrected chi connectivity index (χ3v) is 11.5. The van der Waals surface area contributed by atoms with Crippen molar-refractivity contribution in [2.24, 2.45) is 34.4 Å². The second-order valence-corrected chi connectivity index (χ2v) is 18.4. The van der Waals surface area contributed by atoms with Crippen molar-refractivity contribution in [3.8, 4) is 0 Å². The van der Waals surface area contributed by atoms with Crippen molar-refractivity contribution in [2.75, 3.05) is 0 Å². The van der Waals surface area contributed by atoms with Crippen LogP contribution in [0.4, 0.5) is 13.2 Å². The van der Waals surface area contributed by atoms with Gasteiger partial charge in [-0.3, -0.25) is 28.8 Å². The van der Waals surface area contributed by atoms with Gasteiger partial charge in [0.05, 0.1) is 10.0 Å². The zero-order chi connectivity index (χ0) is 59.9.